The van der Waals surface area contributed by atoms with Crippen LogP contribution in [0.4, 0.5) is 11.4 Å². The van der Waals surface area contributed by atoms with E-state index in [9.17, 15) is 9.59 Å². The van der Waals surface area contributed by atoms with E-state index < -0.39 is 0 Å². The molecule has 7 nitrogen and oxygen atoms in total. The fraction of sp³-hybridized carbons (Fsp3) is 0.333. The molecule has 0 saturated carbocycles. The Morgan fingerprint density at radius 3 is 2.76 bits per heavy atom. The van der Waals surface area contributed by atoms with Gasteiger partial charge in [0, 0.05) is 12.1 Å². The maximum atomic E-state index is 11.9. The SMILES string of the molecule is Cl.Nc1cc2c(cc1NC(=O)CN1CSCC1=O)OCO2. The van der Waals surface area contributed by atoms with Crippen molar-refractivity contribution in [3.05, 3.63) is 12.1 Å². The van der Waals surface area contributed by atoms with Crippen molar-refractivity contribution >= 4 is 47.4 Å². The molecule has 1 saturated heterocycles. The second-order valence-electron chi connectivity index (χ2n) is 4.41. The van der Waals surface area contributed by atoms with Crippen molar-refractivity contribution in [2.75, 3.05) is 36.0 Å². The van der Waals surface area contributed by atoms with Crippen LogP contribution in [0.3, 0.4) is 0 Å². The molecule has 0 unspecified atom stereocenters. The Morgan fingerprint density at radius 1 is 1.38 bits per heavy atom. The Labute approximate surface area is 131 Å². The first-order valence-corrected chi connectivity index (χ1v) is 7.13. The van der Waals surface area contributed by atoms with Crippen LogP contribution in [0.15, 0.2) is 12.1 Å². The highest BCUT2D eigenvalue weighted by Crippen LogP contribution is 2.38. The van der Waals surface area contributed by atoms with Crippen LogP contribution in [0.2, 0.25) is 0 Å². The van der Waals surface area contributed by atoms with Gasteiger partial charge in [-0.2, -0.15) is 0 Å². The van der Waals surface area contributed by atoms with Gasteiger partial charge < -0.3 is 25.4 Å². The molecular weight excluding hydrogens is 318 g/mol. The van der Waals surface area contributed by atoms with Gasteiger partial charge in [-0.3, -0.25) is 9.59 Å². The lowest BCUT2D eigenvalue weighted by atomic mass is 10.2. The van der Waals surface area contributed by atoms with Crippen LogP contribution in [0.1, 0.15) is 0 Å². The van der Waals surface area contributed by atoms with Crippen molar-refractivity contribution in [3.63, 3.8) is 0 Å². The number of rotatable bonds is 3. The molecular formula is C12H14ClN3O4S. The van der Waals surface area contributed by atoms with Crippen molar-refractivity contribution in [1.82, 2.24) is 4.90 Å². The summed E-state index contributed by atoms with van der Waals surface area (Å²) in [6.45, 7) is 0.172. The Balaban J connectivity index is 0.00000161. The molecule has 3 N–H and O–H groups in total. The van der Waals surface area contributed by atoms with Crippen LogP contribution in [0.5, 0.6) is 11.5 Å². The van der Waals surface area contributed by atoms with Gasteiger partial charge in [0.05, 0.1) is 23.0 Å². The average molecular weight is 332 g/mol. The van der Waals surface area contributed by atoms with Crippen molar-refractivity contribution in [2.24, 2.45) is 0 Å². The molecule has 0 aromatic heterocycles. The third kappa shape index (κ3) is 3.27. The van der Waals surface area contributed by atoms with E-state index >= 15 is 0 Å². The smallest absolute Gasteiger partial charge is 0.244 e. The van der Waals surface area contributed by atoms with Gasteiger partial charge in [0.2, 0.25) is 18.6 Å². The molecule has 1 aromatic carbocycles. The van der Waals surface area contributed by atoms with Gasteiger partial charge in [0.25, 0.3) is 0 Å². The molecule has 0 bridgehead atoms. The van der Waals surface area contributed by atoms with Gasteiger partial charge in [0.1, 0.15) is 6.54 Å². The second-order valence-corrected chi connectivity index (χ2v) is 5.37. The third-order valence-corrected chi connectivity index (χ3v) is 3.92. The summed E-state index contributed by atoms with van der Waals surface area (Å²) in [5.41, 5.74) is 6.69. The first-order valence-electron chi connectivity index (χ1n) is 5.98. The zero-order chi connectivity index (χ0) is 14.1. The van der Waals surface area contributed by atoms with Crippen LogP contribution < -0.4 is 20.5 Å². The number of carbonyl (C=O) groups is 2. The van der Waals surface area contributed by atoms with Gasteiger partial charge in [-0.05, 0) is 0 Å². The van der Waals surface area contributed by atoms with Crippen molar-refractivity contribution in [2.45, 2.75) is 0 Å². The number of nitrogens with zero attached hydrogens (tertiary/aromatic N) is 1. The summed E-state index contributed by atoms with van der Waals surface area (Å²) in [7, 11) is 0. The fourth-order valence-electron chi connectivity index (χ4n) is 1.97. The highest BCUT2D eigenvalue weighted by Gasteiger charge is 2.23. The number of nitrogen functional groups attached to an aromatic ring is 1. The predicted molar refractivity (Wildman–Crippen MR) is 81.9 cm³/mol. The number of halogens is 1. The van der Waals surface area contributed by atoms with Crippen LogP contribution in [0, 0.1) is 0 Å². The first kappa shape index (κ1) is 15.6. The maximum absolute atomic E-state index is 11.9. The summed E-state index contributed by atoms with van der Waals surface area (Å²) >= 11 is 1.49. The minimum absolute atomic E-state index is 0. The number of thioether (sulfide) groups is 1. The summed E-state index contributed by atoms with van der Waals surface area (Å²) in [5.74, 6) is 1.77. The van der Waals surface area contributed by atoms with Gasteiger partial charge >= 0.3 is 0 Å². The van der Waals surface area contributed by atoms with E-state index in [1.807, 2.05) is 0 Å². The average Bonchev–Trinajstić information content (AvgIpc) is 2.99. The Morgan fingerprint density at radius 2 is 2.10 bits per heavy atom. The Hall–Kier alpha value is -1.80. The molecule has 114 valence electrons. The van der Waals surface area contributed by atoms with E-state index in [4.69, 9.17) is 15.2 Å². The predicted octanol–water partition coefficient (Wildman–Crippen LogP) is 0.891. The Kier molecular flexibility index (Phi) is 4.69. The summed E-state index contributed by atoms with van der Waals surface area (Å²) in [4.78, 5) is 24.9. The molecule has 0 spiro atoms. The summed E-state index contributed by atoms with van der Waals surface area (Å²) in [6.07, 6.45) is 0. The lowest BCUT2D eigenvalue weighted by Gasteiger charge is -2.15. The molecule has 21 heavy (non-hydrogen) atoms. The monoisotopic (exact) mass is 331 g/mol. The van der Waals surface area contributed by atoms with E-state index in [1.165, 1.54) is 16.7 Å². The number of carbonyl (C=O) groups excluding carboxylic acids is 2. The quantitative estimate of drug-likeness (QED) is 0.799. The lowest BCUT2D eigenvalue weighted by molar-refractivity contribution is -0.130. The zero-order valence-electron chi connectivity index (χ0n) is 11.0. The topological polar surface area (TPSA) is 93.9 Å². The highest BCUT2D eigenvalue weighted by atomic mass is 35.5. The molecule has 2 amide bonds. The minimum Gasteiger partial charge on any atom is -0.454 e. The van der Waals surface area contributed by atoms with Crippen molar-refractivity contribution in [3.8, 4) is 11.5 Å². The zero-order valence-corrected chi connectivity index (χ0v) is 12.6. The minimum atomic E-state index is -0.286. The number of hydrogen-bond donors (Lipinski definition) is 2. The Bertz CT molecular complexity index is 584. The van der Waals surface area contributed by atoms with E-state index in [-0.39, 0.29) is 37.6 Å². The molecule has 0 atom stereocenters. The molecule has 2 aliphatic rings. The molecule has 2 heterocycles. The first-order chi connectivity index (χ1) is 9.63. The van der Waals surface area contributed by atoms with Gasteiger partial charge in [-0.15, -0.1) is 24.2 Å². The van der Waals surface area contributed by atoms with Crippen molar-refractivity contribution in [1.29, 1.82) is 0 Å². The summed E-state index contributed by atoms with van der Waals surface area (Å²) in [6, 6.07) is 3.23. The van der Waals surface area contributed by atoms with E-state index in [0.717, 1.165) is 0 Å². The van der Waals surface area contributed by atoms with Gasteiger partial charge in [0.15, 0.2) is 11.5 Å². The normalized spacial score (nSPS) is 15.8. The van der Waals surface area contributed by atoms with Crippen LogP contribution in [-0.4, -0.2) is 41.7 Å². The number of fused-ring (bicyclic) bond motifs is 1. The molecule has 1 fully saturated rings. The number of ether oxygens (including phenoxy) is 2. The summed E-state index contributed by atoms with van der Waals surface area (Å²) in [5, 5.41) is 2.68. The standard InChI is InChI=1S/C12H13N3O4S.ClH/c13-7-1-9-10(19-6-18-9)2-8(7)14-11(16)3-15-5-20-4-12(15)17;/h1-2H,3-6,13H2,(H,14,16);1H. The second kappa shape index (κ2) is 6.31. The van der Waals surface area contributed by atoms with E-state index in [2.05, 4.69) is 5.32 Å². The molecule has 9 heteroatoms. The van der Waals surface area contributed by atoms with Crippen LogP contribution >= 0.6 is 24.2 Å². The number of nitrogens with two attached hydrogens (primary N) is 1. The molecule has 3 rings (SSSR count). The van der Waals surface area contributed by atoms with E-state index in [1.54, 1.807) is 12.1 Å². The number of hydrogen-bond acceptors (Lipinski definition) is 6. The van der Waals surface area contributed by atoms with Crippen LogP contribution in [-0.2, 0) is 9.59 Å². The fourth-order valence-corrected chi connectivity index (χ4v) is 2.87. The lowest BCUT2D eigenvalue weighted by Crippen LogP contribution is -2.34. The van der Waals surface area contributed by atoms with Gasteiger partial charge in [-0.1, -0.05) is 0 Å². The van der Waals surface area contributed by atoms with Gasteiger partial charge in [-0.25, -0.2) is 0 Å². The van der Waals surface area contributed by atoms with Crippen LogP contribution in [0.25, 0.3) is 0 Å². The largest absolute Gasteiger partial charge is 0.454 e. The molecule has 0 aliphatic carbocycles. The van der Waals surface area contributed by atoms with Crippen molar-refractivity contribution < 1.29 is 19.1 Å². The highest BCUT2D eigenvalue weighted by molar-refractivity contribution is 8.00. The number of benzene rings is 1. The maximum Gasteiger partial charge on any atom is 0.244 e. The molecule has 2 aliphatic heterocycles. The number of nitrogens with one attached hydrogen (secondary N) is 1. The number of amides is 2. The van der Waals surface area contributed by atoms with E-state index in [0.29, 0.717) is 34.5 Å². The summed E-state index contributed by atoms with van der Waals surface area (Å²) < 4.78 is 10.4. The number of anilines is 2. The molecule has 1 aromatic rings. The molecule has 0 radical (unpaired) electrons. The third-order valence-electron chi connectivity index (χ3n) is 2.98.